The summed E-state index contributed by atoms with van der Waals surface area (Å²) in [6.45, 7) is 0.395. The van der Waals surface area contributed by atoms with Gasteiger partial charge in [0, 0.05) is 29.1 Å². The number of hydrogen-bond donors (Lipinski definition) is 2. The Kier molecular flexibility index (Phi) is 5.24. The summed E-state index contributed by atoms with van der Waals surface area (Å²) in [7, 11) is 0. The van der Waals surface area contributed by atoms with Crippen LogP contribution in [-0.4, -0.2) is 33.8 Å². The smallest absolute Gasteiger partial charge is 0.267 e. The Labute approximate surface area is 154 Å². The fourth-order valence-corrected chi connectivity index (χ4v) is 3.44. The Morgan fingerprint density at radius 1 is 1.22 bits per heavy atom. The van der Waals surface area contributed by atoms with E-state index in [2.05, 4.69) is 9.97 Å². The van der Waals surface area contributed by atoms with Crippen LogP contribution in [0.2, 0.25) is 0 Å². The molecule has 3 nitrogen and oxygen atoms in total. The highest BCUT2D eigenvalue weighted by molar-refractivity contribution is 5.79. The number of aromatic amines is 1. The molecule has 2 unspecified atom stereocenters. The third-order valence-corrected chi connectivity index (χ3v) is 4.90. The van der Waals surface area contributed by atoms with Crippen LogP contribution in [0.4, 0.5) is 17.6 Å². The fraction of sp³-hybridized carbons (Fsp3) is 0.350. The first-order valence-corrected chi connectivity index (χ1v) is 8.50. The predicted molar refractivity (Wildman–Crippen MR) is 95.1 cm³/mol. The Morgan fingerprint density at radius 3 is 2.63 bits per heavy atom. The number of hydrogen-bond acceptors (Lipinski definition) is 2. The van der Waals surface area contributed by atoms with Crippen LogP contribution in [0, 0.1) is 5.82 Å². The van der Waals surface area contributed by atoms with Gasteiger partial charge in [-0.15, -0.1) is 0 Å². The van der Waals surface area contributed by atoms with E-state index in [0.717, 1.165) is 11.5 Å². The molecule has 3 aromatic rings. The first-order chi connectivity index (χ1) is 12.8. The highest BCUT2D eigenvalue weighted by Crippen LogP contribution is 2.38. The number of H-pyrrole nitrogens is 1. The van der Waals surface area contributed by atoms with Crippen molar-refractivity contribution in [2.24, 2.45) is 0 Å². The molecule has 0 radical (unpaired) electrons. The molecule has 0 bridgehead atoms. The largest absolute Gasteiger partial charge is 0.383 e. The Hall–Kier alpha value is -2.41. The maximum absolute atomic E-state index is 13.9. The summed E-state index contributed by atoms with van der Waals surface area (Å²) in [4.78, 5) is 6.90. The van der Waals surface area contributed by atoms with Crippen molar-refractivity contribution in [3.63, 3.8) is 0 Å². The van der Waals surface area contributed by atoms with Crippen LogP contribution in [0.15, 0.2) is 48.8 Å². The van der Waals surface area contributed by atoms with Gasteiger partial charge in [0.05, 0.1) is 18.4 Å². The molecule has 0 aliphatic rings. The van der Waals surface area contributed by atoms with Gasteiger partial charge in [0.15, 0.2) is 0 Å². The van der Waals surface area contributed by atoms with E-state index < -0.39 is 42.8 Å². The lowest BCUT2D eigenvalue weighted by molar-refractivity contribution is -0.113. The maximum Gasteiger partial charge on any atom is 0.267 e. The topological polar surface area (TPSA) is 48.9 Å². The number of aromatic nitrogens is 2. The van der Waals surface area contributed by atoms with Crippen molar-refractivity contribution < 1.29 is 22.7 Å². The summed E-state index contributed by atoms with van der Waals surface area (Å²) in [5, 5.41) is 11.5. The van der Waals surface area contributed by atoms with Crippen molar-refractivity contribution in [1.29, 1.82) is 0 Å². The molecule has 0 saturated carbocycles. The van der Waals surface area contributed by atoms with Gasteiger partial charge < -0.3 is 10.1 Å². The molecular weight excluding hydrogens is 360 g/mol. The number of nitrogens with zero attached hydrogens (tertiary/aromatic N) is 1. The summed E-state index contributed by atoms with van der Waals surface area (Å²) in [5.41, 5.74) is -2.67. The monoisotopic (exact) mass is 380 g/mol. The number of fused-ring (bicyclic) bond motifs is 1. The Balaban J connectivity index is 1.92. The van der Waals surface area contributed by atoms with E-state index in [1.807, 2.05) is 0 Å². The molecule has 0 saturated heterocycles. The molecule has 2 aromatic heterocycles. The summed E-state index contributed by atoms with van der Waals surface area (Å²) in [6, 6.07) is 8.54. The molecule has 0 amide bonds. The van der Waals surface area contributed by atoms with Gasteiger partial charge in [0.25, 0.3) is 6.43 Å². The quantitative estimate of drug-likeness (QED) is 0.591. The van der Waals surface area contributed by atoms with Gasteiger partial charge in [-0.25, -0.2) is 13.2 Å². The maximum atomic E-state index is 13.9. The van der Waals surface area contributed by atoms with Crippen LogP contribution in [0.3, 0.4) is 0 Å². The minimum atomic E-state index is -3.11. The van der Waals surface area contributed by atoms with Crippen LogP contribution < -0.4 is 0 Å². The van der Waals surface area contributed by atoms with Crippen molar-refractivity contribution in [2.75, 3.05) is 6.67 Å². The summed E-state index contributed by atoms with van der Waals surface area (Å²) in [5.74, 6) is -0.587. The van der Waals surface area contributed by atoms with Crippen molar-refractivity contribution in [3.8, 4) is 0 Å². The molecule has 3 rings (SSSR count). The first-order valence-electron chi connectivity index (χ1n) is 8.50. The number of benzene rings is 1. The highest BCUT2D eigenvalue weighted by Gasteiger charge is 2.45. The summed E-state index contributed by atoms with van der Waals surface area (Å²) >= 11 is 0. The SMILES string of the molecule is CC(CF)(CC(O)(Cc1cc2ccncc2[nH]1)C(F)F)c1cccc(F)c1. The molecule has 0 aliphatic heterocycles. The van der Waals surface area contributed by atoms with Gasteiger partial charge in [-0.1, -0.05) is 19.1 Å². The fourth-order valence-electron chi connectivity index (χ4n) is 3.44. The van der Waals surface area contributed by atoms with Crippen molar-refractivity contribution in [1.82, 2.24) is 9.97 Å². The molecule has 0 fully saturated rings. The molecule has 27 heavy (non-hydrogen) atoms. The second-order valence-electron chi connectivity index (χ2n) is 7.22. The lowest BCUT2D eigenvalue weighted by atomic mass is 9.73. The van der Waals surface area contributed by atoms with Gasteiger partial charge in [0.2, 0.25) is 0 Å². The molecular formula is C20H20F4N2O. The minimum Gasteiger partial charge on any atom is -0.383 e. The lowest BCUT2D eigenvalue weighted by Gasteiger charge is -2.36. The zero-order valence-corrected chi connectivity index (χ0v) is 14.7. The van der Waals surface area contributed by atoms with Crippen LogP contribution in [0.25, 0.3) is 10.9 Å². The molecule has 2 N–H and O–H groups in total. The van der Waals surface area contributed by atoms with E-state index in [1.54, 1.807) is 24.5 Å². The van der Waals surface area contributed by atoms with Gasteiger partial charge in [-0.05, 0) is 36.2 Å². The lowest BCUT2D eigenvalue weighted by Crippen LogP contribution is -2.46. The summed E-state index contributed by atoms with van der Waals surface area (Å²) < 4.78 is 55.0. The van der Waals surface area contributed by atoms with E-state index in [0.29, 0.717) is 11.2 Å². The average Bonchev–Trinajstić information content (AvgIpc) is 3.03. The number of pyridine rings is 1. The van der Waals surface area contributed by atoms with Gasteiger partial charge in [-0.2, -0.15) is 0 Å². The molecule has 0 spiro atoms. The third-order valence-electron chi connectivity index (χ3n) is 4.90. The van der Waals surface area contributed by atoms with Crippen molar-refractivity contribution >= 4 is 10.9 Å². The minimum absolute atomic E-state index is 0.227. The van der Waals surface area contributed by atoms with Crippen LogP contribution in [0.5, 0.6) is 0 Å². The molecule has 7 heteroatoms. The van der Waals surface area contributed by atoms with E-state index in [1.165, 1.54) is 25.1 Å². The molecule has 144 valence electrons. The van der Waals surface area contributed by atoms with Gasteiger partial charge >= 0.3 is 0 Å². The number of halogens is 4. The van der Waals surface area contributed by atoms with E-state index in [9.17, 15) is 22.7 Å². The molecule has 2 heterocycles. The Morgan fingerprint density at radius 2 is 2.00 bits per heavy atom. The van der Waals surface area contributed by atoms with Crippen LogP contribution in [0.1, 0.15) is 24.6 Å². The van der Waals surface area contributed by atoms with Crippen LogP contribution in [-0.2, 0) is 11.8 Å². The number of rotatable bonds is 7. The number of alkyl halides is 3. The Bertz CT molecular complexity index is 896. The number of nitrogens with one attached hydrogen (secondary N) is 1. The van der Waals surface area contributed by atoms with Gasteiger partial charge in [-0.3, -0.25) is 9.37 Å². The second kappa shape index (κ2) is 7.31. The second-order valence-corrected chi connectivity index (χ2v) is 7.22. The third kappa shape index (κ3) is 3.98. The van der Waals surface area contributed by atoms with E-state index >= 15 is 0 Å². The molecule has 2 atom stereocenters. The standard InChI is InChI=1S/C20H20F4N2O/c1-19(12-21,14-3-2-4-15(22)8-14)11-20(27,18(23)24)9-16-7-13-5-6-25-10-17(13)26-16/h2-8,10,18,26-27H,9,11-12H2,1H3. The van der Waals surface area contributed by atoms with Crippen molar-refractivity contribution in [3.05, 3.63) is 65.9 Å². The molecule has 1 aromatic carbocycles. The average molecular weight is 380 g/mol. The van der Waals surface area contributed by atoms with Crippen molar-refractivity contribution in [2.45, 2.75) is 37.2 Å². The van der Waals surface area contributed by atoms with Crippen LogP contribution >= 0.6 is 0 Å². The van der Waals surface area contributed by atoms with E-state index in [-0.39, 0.29) is 5.56 Å². The van der Waals surface area contributed by atoms with E-state index in [4.69, 9.17) is 0 Å². The highest BCUT2D eigenvalue weighted by atomic mass is 19.3. The zero-order chi connectivity index (χ0) is 19.7. The first kappa shape index (κ1) is 19.4. The summed E-state index contributed by atoms with van der Waals surface area (Å²) in [6.07, 6.45) is -0.946. The molecule has 0 aliphatic carbocycles. The number of aliphatic hydroxyl groups is 1. The predicted octanol–water partition coefficient (Wildman–Crippen LogP) is 4.56. The normalized spacial score (nSPS) is 16.4. The van der Waals surface area contributed by atoms with Gasteiger partial charge in [0.1, 0.15) is 11.4 Å². The zero-order valence-electron chi connectivity index (χ0n) is 14.7.